The van der Waals surface area contributed by atoms with Crippen molar-refractivity contribution in [2.24, 2.45) is 11.3 Å². The molecule has 0 radical (unpaired) electrons. The molecule has 0 spiro atoms. The molecule has 1 aliphatic heterocycles. The lowest BCUT2D eigenvalue weighted by atomic mass is 9.80. The van der Waals surface area contributed by atoms with E-state index in [2.05, 4.69) is 20.8 Å². The van der Waals surface area contributed by atoms with E-state index in [1.807, 2.05) is 23.9 Å². The van der Waals surface area contributed by atoms with Gasteiger partial charge in [0.2, 0.25) is 5.91 Å². The Kier molecular flexibility index (Phi) is 4.99. The van der Waals surface area contributed by atoms with Crippen LogP contribution in [0.3, 0.4) is 0 Å². The van der Waals surface area contributed by atoms with Gasteiger partial charge in [0.15, 0.2) is 0 Å². The maximum absolute atomic E-state index is 11.9. The van der Waals surface area contributed by atoms with Gasteiger partial charge in [-0.2, -0.15) is 0 Å². The lowest BCUT2D eigenvalue weighted by Gasteiger charge is -2.35. The number of piperidine rings is 1. The van der Waals surface area contributed by atoms with Crippen molar-refractivity contribution >= 4 is 5.91 Å². The Morgan fingerprint density at radius 3 is 2.18 bits per heavy atom. The van der Waals surface area contributed by atoms with Crippen LogP contribution in [0.25, 0.3) is 0 Å². The fourth-order valence-corrected chi connectivity index (χ4v) is 2.62. The molecule has 0 atom stereocenters. The number of hydrogen-bond acceptors (Lipinski definition) is 2. The summed E-state index contributed by atoms with van der Waals surface area (Å²) in [5, 5.41) is 0. The Balaban J connectivity index is 2.33. The summed E-state index contributed by atoms with van der Waals surface area (Å²) < 4.78 is 0. The quantitative estimate of drug-likeness (QED) is 0.755. The summed E-state index contributed by atoms with van der Waals surface area (Å²) in [4.78, 5) is 15.9. The molecule has 1 saturated heterocycles. The zero-order chi connectivity index (χ0) is 13.1. The molecule has 3 nitrogen and oxygen atoms in total. The van der Waals surface area contributed by atoms with Crippen LogP contribution >= 0.6 is 0 Å². The minimum Gasteiger partial charge on any atom is -0.342 e. The van der Waals surface area contributed by atoms with Gasteiger partial charge in [-0.05, 0) is 44.7 Å². The molecule has 1 heterocycles. The van der Waals surface area contributed by atoms with Gasteiger partial charge in [-0.25, -0.2) is 0 Å². The molecule has 0 N–H and O–H groups in total. The summed E-state index contributed by atoms with van der Waals surface area (Å²) >= 11 is 0. The van der Waals surface area contributed by atoms with E-state index < -0.39 is 0 Å². The number of nitrogens with zero attached hydrogens (tertiary/aromatic N) is 2. The van der Waals surface area contributed by atoms with Crippen molar-refractivity contribution in [3.05, 3.63) is 0 Å². The summed E-state index contributed by atoms with van der Waals surface area (Å²) in [5.74, 6) is 1.09. The summed E-state index contributed by atoms with van der Waals surface area (Å²) in [6.45, 7) is 9.36. The van der Waals surface area contributed by atoms with E-state index in [1.54, 1.807) is 0 Å². The van der Waals surface area contributed by atoms with Gasteiger partial charge in [0.25, 0.3) is 0 Å². The van der Waals surface area contributed by atoms with E-state index >= 15 is 0 Å². The van der Waals surface area contributed by atoms with Crippen LogP contribution in [-0.2, 0) is 4.79 Å². The molecule has 0 aromatic carbocycles. The highest BCUT2D eigenvalue weighted by molar-refractivity contribution is 5.78. The third-order valence-corrected chi connectivity index (χ3v) is 3.32. The first-order valence-electron chi connectivity index (χ1n) is 6.70. The molecular formula is C14H28N2O. The minimum atomic E-state index is 0.282. The fourth-order valence-electron chi connectivity index (χ4n) is 2.62. The molecular weight excluding hydrogens is 212 g/mol. The number of hydrogen-bond donors (Lipinski definition) is 0. The van der Waals surface area contributed by atoms with E-state index in [1.165, 1.54) is 19.3 Å². The first-order chi connectivity index (χ1) is 7.78. The van der Waals surface area contributed by atoms with Crippen LogP contribution in [0.2, 0.25) is 0 Å². The molecule has 17 heavy (non-hydrogen) atoms. The molecule has 0 unspecified atom stereocenters. The zero-order valence-corrected chi connectivity index (χ0v) is 12.1. The predicted molar refractivity (Wildman–Crippen MR) is 71.9 cm³/mol. The molecule has 3 heteroatoms. The largest absolute Gasteiger partial charge is 0.342 e. The molecule has 1 aliphatic rings. The highest BCUT2D eigenvalue weighted by Gasteiger charge is 2.25. The maximum atomic E-state index is 11.9. The summed E-state index contributed by atoms with van der Waals surface area (Å²) in [6.07, 6.45) is 3.63. The van der Waals surface area contributed by atoms with Crippen molar-refractivity contribution in [1.82, 2.24) is 9.80 Å². The van der Waals surface area contributed by atoms with Crippen LogP contribution in [0.15, 0.2) is 0 Å². The molecule has 1 amide bonds. The Hall–Kier alpha value is -0.570. The van der Waals surface area contributed by atoms with Crippen molar-refractivity contribution in [2.75, 3.05) is 33.7 Å². The lowest BCUT2D eigenvalue weighted by molar-refractivity contribution is -0.133. The lowest BCUT2D eigenvalue weighted by Crippen LogP contribution is -2.43. The normalized spacial score (nSPS) is 18.8. The Labute approximate surface area is 106 Å². The van der Waals surface area contributed by atoms with Crippen LogP contribution in [0.4, 0.5) is 0 Å². The predicted octanol–water partition coefficient (Wildman–Crippen LogP) is 2.22. The van der Waals surface area contributed by atoms with Gasteiger partial charge in [-0.15, -0.1) is 0 Å². The second-order valence-electron chi connectivity index (χ2n) is 6.83. The van der Waals surface area contributed by atoms with Gasteiger partial charge >= 0.3 is 0 Å². The van der Waals surface area contributed by atoms with E-state index in [0.717, 1.165) is 19.0 Å². The third kappa shape index (κ3) is 5.53. The number of amides is 1. The second kappa shape index (κ2) is 5.85. The van der Waals surface area contributed by atoms with E-state index in [4.69, 9.17) is 0 Å². The Morgan fingerprint density at radius 2 is 1.76 bits per heavy atom. The Bertz CT molecular complexity index is 247. The van der Waals surface area contributed by atoms with Gasteiger partial charge in [-0.3, -0.25) is 4.79 Å². The van der Waals surface area contributed by atoms with Crippen molar-refractivity contribution in [2.45, 2.75) is 40.0 Å². The van der Waals surface area contributed by atoms with Gasteiger partial charge in [0, 0.05) is 13.1 Å². The minimum absolute atomic E-state index is 0.282. The van der Waals surface area contributed by atoms with Crippen molar-refractivity contribution in [1.29, 1.82) is 0 Å². The summed E-state index contributed by atoms with van der Waals surface area (Å²) in [5.41, 5.74) is 0.417. The van der Waals surface area contributed by atoms with Gasteiger partial charge < -0.3 is 9.80 Å². The highest BCUT2D eigenvalue weighted by Crippen LogP contribution is 2.30. The van der Waals surface area contributed by atoms with Crippen molar-refractivity contribution in [3.8, 4) is 0 Å². The number of carbonyl (C=O) groups excluding carboxylic acids is 1. The number of carbonyl (C=O) groups is 1. The van der Waals surface area contributed by atoms with E-state index in [0.29, 0.717) is 12.0 Å². The van der Waals surface area contributed by atoms with Gasteiger partial charge in [-0.1, -0.05) is 20.8 Å². The Morgan fingerprint density at radius 1 is 1.24 bits per heavy atom. The fraction of sp³-hybridized carbons (Fsp3) is 0.929. The summed E-state index contributed by atoms with van der Waals surface area (Å²) in [6, 6.07) is 0. The highest BCUT2D eigenvalue weighted by atomic mass is 16.2. The molecule has 1 fully saturated rings. The van der Waals surface area contributed by atoms with E-state index in [9.17, 15) is 4.79 Å². The number of likely N-dealkylation sites (N-methyl/N-ethyl adjacent to an activating group) is 1. The second-order valence-corrected chi connectivity index (χ2v) is 6.83. The van der Waals surface area contributed by atoms with Crippen LogP contribution in [0.1, 0.15) is 40.0 Å². The monoisotopic (exact) mass is 240 g/mol. The smallest absolute Gasteiger partial charge is 0.236 e. The average Bonchev–Trinajstić information content (AvgIpc) is 2.15. The molecule has 0 aromatic rings. The maximum Gasteiger partial charge on any atom is 0.236 e. The van der Waals surface area contributed by atoms with E-state index in [-0.39, 0.29) is 5.91 Å². The molecule has 100 valence electrons. The van der Waals surface area contributed by atoms with Crippen molar-refractivity contribution < 1.29 is 4.79 Å². The van der Waals surface area contributed by atoms with Crippen LogP contribution in [0, 0.1) is 11.3 Å². The van der Waals surface area contributed by atoms with Crippen LogP contribution in [0.5, 0.6) is 0 Å². The average molecular weight is 240 g/mol. The summed E-state index contributed by atoms with van der Waals surface area (Å²) in [7, 11) is 3.90. The number of rotatable bonds is 3. The molecule has 0 bridgehead atoms. The van der Waals surface area contributed by atoms with Crippen LogP contribution < -0.4 is 0 Å². The molecule has 0 aliphatic carbocycles. The third-order valence-electron chi connectivity index (χ3n) is 3.32. The van der Waals surface area contributed by atoms with Crippen molar-refractivity contribution in [3.63, 3.8) is 0 Å². The molecule has 0 saturated carbocycles. The number of likely N-dealkylation sites (tertiary alicyclic amines) is 1. The zero-order valence-electron chi connectivity index (χ0n) is 12.1. The van der Waals surface area contributed by atoms with Crippen LogP contribution in [-0.4, -0.2) is 49.4 Å². The molecule has 1 rings (SSSR count). The standard InChI is InChI=1S/C14H28N2O/c1-14(2,3)10-12-6-8-16(9-7-12)13(17)11-15(4)5/h12H,6-11H2,1-5H3. The first-order valence-corrected chi connectivity index (χ1v) is 6.70. The van der Waals surface area contributed by atoms with Gasteiger partial charge in [0.1, 0.15) is 0 Å². The molecule has 0 aromatic heterocycles. The van der Waals surface area contributed by atoms with Gasteiger partial charge in [0.05, 0.1) is 6.54 Å². The first kappa shape index (κ1) is 14.5. The topological polar surface area (TPSA) is 23.6 Å². The SMILES string of the molecule is CN(C)CC(=O)N1CCC(CC(C)(C)C)CC1.